The maximum absolute atomic E-state index is 12.0. The zero-order valence-corrected chi connectivity index (χ0v) is 17.3. The third kappa shape index (κ3) is 6.33. The molecule has 0 aliphatic carbocycles. The van der Waals surface area contributed by atoms with Crippen LogP contribution >= 0.6 is 45.2 Å². The second-order valence-electron chi connectivity index (χ2n) is 5.99. The van der Waals surface area contributed by atoms with Crippen LogP contribution in [0.2, 0.25) is 0 Å². The Kier molecular flexibility index (Phi) is 7.79. The van der Waals surface area contributed by atoms with Crippen LogP contribution in [0, 0.1) is 5.92 Å². The second-order valence-corrected chi connectivity index (χ2v) is 7.89. The first-order valence-corrected chi connectivity index (χ1v) is 9.99. The SMILES string of the molecule is O=C(I)NCC(=O)N1CCC(CN2CCN(C(=O)I)CC2)CC1. The summed E-state index contributed by atoms with van der Waals surface area (Å²) < 4.78 is -0.0670. The van der Waals surface area contributed by atoms with Gasteiger partial charge in [0, 0.05) is 91.0 Å². The molecule has 0 spiro atoms. The van der Waals surface area contributed by atoms with E-state index in [9.17, 15) is 14.4 Å². The summed E-state index contributed by atoms with van der Waals surface area (Å²) in [4.78, 5) is 40.3. The molecule has 0 atom stereocenters. The van der Waals surface area contributed by atoms with Gasteiger partial charge in [0.05, 0.1) is 6.54 Å². The van der Waals surface area contributed by atoms with Crippen LogP contribution in [0.1, 0.15) is 12.8 Å². The number of carbonyl (C=O) groups excluding carboxylic acids is 3. The van der Waals surface area contributed by atoms with Crippen molar-refractivity contribution in [2.75, 3.05) is 52.4 Å². The lowest BCUT2D eigenvalue weighted by molar-refractivity contribution is -0.131. The molecule has 2 heterocycles. The van der Waals surface area contributed by atoms with Gasteiger partial charge in [0.25, 0.3) is 7.83 Å². The summed E-state index contributed by atoms with van der Waals surface area (Å²) in [7, 11) is 0. The van der Waals surface area contributed by atoms with E-state index in [0.717, 1.165) is 58.7 Å². The van der Waals surface area contributed by atoms with Gasteiger partial charge in [-0.3, -0.25) is 19.3 Å². The zero-order valence-electron chi connectivity index (χ0n) is 13.0. The number of nitrogens with one attached hydrogen (secondary N) is 1. The van der Waals surface area contributed by atoms with Crippen molar-refractivity contribution in [3.05, 3.63) is 0 Å². The predicted molar refractivity (Wildman–Crippen MR) is 104 cm³/mol. The highest BCUT2D eigenvalue weighted by Gasteiger charge is 2.26. The molecule has 2 aliphatic heterocycles. The van der Waals surface area contributed by atoms with Crippen LogP contribution in [0.4, 0.5) is 9.59 Å². The van der Waals surface area contributed by atoms with Gasteiger partial charge in [-0.15, -0.1) is 0 Å². The zero-order chi connectivity index (χ0) is 16.8. The summed E-state index contributed by atoms with van der Waals surface area (Å²) in [6, 6.07) is 0. The average molecular weight is 548 g/mol. The molecule has 0 aromatic carbocycles. The quantitative estimate of drug-likeness (QED) is 0.329. The minimum atomic E-state index is -0.199. The topological polar surface area (TPSA) is 73.0 Å². The van der Waals surface area contributed by atoms with E-state index in [1.807, 2.05) is 32.4 Å². The summed E-state index contributed by atoms with van der Waals surface area (Å²) in [5.41, 5.74) is 0. The number of hydrogen-bond acceptors (Lipinski definition) is 4. The lowest BCUT2D eigenvalue weighted by atomic mass is 9.96. The number of amides is 3. The van der Waals surface area contributed by atoms with Crippen LogP contribution in [0.15, 0.2) is 0 Å². The first-order valence-electron chi connectivity index (χ1n) is 7.83. The number of likely N-dealkylation sites (tertiary alicyclic amines) is 1. The molecule has 1 N–H and O–H groups in total. The van der Waals surface area contributed by atoms with Crippen molar-refractivity contribution < 1.29 is 14.4 Å². The molecule has 0 aromatic heterocycles. The molecule has 0 aromatic rings. The summed E-state index contributed by atoms with van der Waals surface area (Å²) >= 11 is 3.48. The Bertz CT molecular complexity index is 447. The number of piperidine rings is 1. The molecule has 2 fully saturated rings. The Labute approximate surface area is 163 Å². The molecule has 0 bridgehead atoms. The lowest BCUT2D eigenvalue weighted by Gasteiger charge is -2.38. The fourth-order valence-corrected chi connectivity index (χ4v) is 3.77. The van der Waals surface area contributed by atoms with Gasteiger partial charge in [-0.2, -0.15) is 0 Å². The number of halogens is 2. The molecule has 0 saturated carbocycles. The maximum atomic E-state index is 12.0. The Morgan fingerprint density at radius 3 is 2.04 bits per heavy atom. The van der Waals surface area contributed by atoms with Gasteiger partial charge in [0.15, 0.2) is 0 Å². The second kappa shape index (κ2) is 9.35. The van der Waals surface area contributed by atoms with Crippen molar-refractivity contribution in [1.29, 1.82) is 0 Å². The Hall–Kier alpha value is -0.170. The van der Waals surface area contributed by atoms with Crippen molar-refractivity contribution in [1.82, 2.24) is 20.0 Å². The van der Waals surface area contributed by atoms with Gasteiger partial charge < -0.3 is 15.1 Å². The molecular weight excluding hydrogens is 526 g/mol. The number of hydrogen-bond donors (Lipinski definition) is 1. The van der Waals surface area contributed by atoms with Gasteiger partial charge in [0.2, 0.25) is 5.91 Å². The van der Waals surface area contributed by atoms with E-state index < -0.39 is 0 Å². The summed E-state index contributed by atoms with van der Waals surface area (Å²) in [6.07, 6.45) is 2.02. The third-order valence-electron chi connectivity index (χ3n) is 4.48. The maximum Gasteiger partial charge on any atom is 0.283 e. The molecule has 9 heteroatoms. The Morgan fingerprint density at radius 1 is 0.913 bits per heavy atom. The summed E-state index contributed by atoms with van der Waals surface area (Å²) in [5.74, 6) is 0.614. The molecule has 2 rings (SSSR count). The van der Waals surface area contributed by atoms with E-state index in [0.29, 0.717) is 5.92 Å². The predicted octanol–water partition coefficient (Wildman–Crippen LogP) is 1.54. The smallest absolute Gasteiger partial charge is 0.283 e. The Balaban J connectivity index is 1.66. The van der Waals surface area contributed by atoms with Crippen molar-refractivity contribution in [2.24, 2.45) is 5.92 Å². The highest BCUT2D eigenvalue weighted by Crippen LogP contribution is 2.19. The first-order chi connectivity index (χ1) is 11.0. The molecule has 2 saturated heterocycles. The van der Waals surface area contributed by atoms with Gasteiger partial charge >= 0.3 is 0 Å². The molecule has 0 radical (unpaired) electrons. The van der Waals surface area contributed by atoms with E-state index in [-0.39, 0.29) is 20.3 Å². The highest BCUT2D eigenvalue weighted by molar-refractivity contribution is 14.1. The van der Waals surface area contributed by atoms with Crippen LogP contribution < -0.4 is 5.32 Å². The molecule has 130 valence electrons. The Morgan fingerprint density at radius 2 is 1.52 bits per heavy atom. The minimum absolute atomic E-state index is 0.00244. The van der Waals surface area contributed by atoms with Crippen molar-refractivity contribution in [2.45, 2.75) is 12.8 Å². The number of piperazine rings is 1. The molecule has 7 nitrogen and oxygen atoms in total. The van der Waals surface area contributed by atoms with Crippen LogP contribution in [0.3, 0.4) is 0 Å². The van der Waals surface area contributed by atoms with Crippen LogP contribution in [0.5, 0.6) is 0 Å². The summed E-state index contributed by atoms with van der Waals surface area (Å²) in [5, 5.41) is 2.55. The molecular formula is C14H22I2N4O3. The highest BCUT2D eigenvalue weighted by atomic mass is 127. The molecule has 0 unspecified atom stereocenters. The molecule has 3 amide bonds. The monoisotopic (exact) mass is 548 g/mol. The number of nitrogens with zero attached hydrogens (tertiary/aromatic N) is 3. The lowest BCUT2D eigenvalue weighted by Crippen LogP contribution is -2.50. The normalized spacial score (nSPS) is 20.4. The van der Waals surface area contributed by atoms with E-state index in [2.05, 4.69) is 10.2 Å². The molecule has 23 heavy (non-hydrogen) atoms. The first kappa shape index (κ1) is 19.2. The summed E-state index contributed by atoms with van der Waals surface area (Å²) in [6.45, 7) is 6.20. The largest absolute Gasteiger partial charge is 0.341 e. The van der Waals surface area contributed by atoms with Crippen molar-refractivity contribution in [3.63, 3.8) is 0 Å². The van der Waals surface area contributed by atoms with Gasteiger partial charge in [0.1, 0.15) is 0 Å². The van der Waals surface area contributed by atoms with E-state index >= 15 is 0 Å². The van der Waals surface area contributed by atoms with Gasteiger partial charge in [-0.25, -0.2) is 0 Å². The van der Waals surface area contributed by atoms with Crippen molar-refractivity contribution in [3.8, 4) is 0 Å². The van der Waals surface area contributed by atoms with Crippen LogP contribution in [-0.2, 0) is 4.79 Å². The van der Waals surface area contributed by atoms with Crippen molar-refractivity contribution >= 4 is 58.9 Å². The fourth-order valence-electron chi connectivity index (χ4n) is 3.09. The number of rotatable bonds is 4. The molecule has 2 aliphatic rings. The third-order valence-corrected chi connectivity index (χ3v) is 5.55. The standard InChI is InChI=1S/C14H22I2N4O3/c15-13(22)17-9-12(21)19-3-1-11(2-4-19)10-18-5-7-20(8-6-18)14(16)23/h11H,1-10H2,(H,17,22). The van der Waals surface area contributed by atoms with Crippen LogP contribution in [-0.4, -0.2) is 80.8 Å². The van der Waals surface area contributed by atoms with E-state index in [4.69, 9.17) is 0 Å². The van der Waals surface area contributed by atoms with E-state index in [1.54, 1.807) is 22.6 Å². The fraction of sp³-hybridized carbons (Fsp3) is 0.786. The van der Waals surface area contributed by atoms with Gasteiger partial charge in [-0.05, 0) is 18.8 Å². The van der Waals surface area contributed by atoms with Gasteiger partial charge in [-0.1, -0.05) is 0 Å². The van der Waals surface area contributed by atoms with Crippen LogP contribution in [0.25, 0.3) is 0 Å². The number of carbonyl (C=O) groups is 3. The average Bonchev–Trinajstić information content (AvgIpc) is 2.54. The van der Waals surface area contributed by atoms with E-state index in [1.165, 1.54) is 0 Å². The minimum Gasteiger partial charge on any atom is -0.341 e.